The van der Waals surface area contributed by atoms with Gasteiger partial charge in [-0.05, 0) is 12.3 Å². The van der Waals surface area contributed by atoms with Crippen molar-refractivity contribution < 1.29 is 4.79 Å². The van der Waals surface area contributed by atoms with Gasteiger partial charge in [0.1, 0.15) is 0 Å². The molecule has 1 fully saturated rings. The van der Waals surface area contributed by atoms with Crippen LogP contribution in [0.25, 0.3) is 0 Å². The van der Waals surface area contributed by atoms with Crippen molar-refractivity contribution in [2.45, 2.75) is 26.7 Å². The molecule has 1 aliphatic rings. The van der Waals surface area contributed by atoms with E-state index in [2.05, 4.69) is 6.92 Å². The molecule has 1 rings (SSSR count). The molecular weight excluding hydrogens is 138 g/mol. The van der Waals surface area contributed by atoms with E-state index in [0.717, 1.165) is 13.0 Å². The summed E-state index contributed by atoms with van der Waals surface area (Å²) in [6.07, 6.45) is 2.32. The molecule has 1 amide bonds. The minimum absolute atomic E-state index is 0.249. The number of rotatable bonds is 1. The van der Waals surface area contributed by atoms with Crippen LogP contribution in [0.15, 0.2) is 0 Å². The minimum Gasteiger partial charge on any atom is -0.346 e. The molecule has 0 aromatic carbocycles. The fourth-order valence-corrected chi connectivity index (χ4v) is 1.83. The molecule has 11 heavy (non-hydrogen) atoms. The molecule has 0 saturated carbocycles. The maximum absolute atomic E-state index is 11.4. The Morgan fingerprint density at radius 1 is 1.64 bits per heavy atom. The van der Waals surface area contributed by atoms with Crippen molar-refractivity contribution in [1.29, 1.82) is 0 Å². The Kier molecular flexibility index (Phi) is 2.53. The first kappa shape index (κ1) is 8.57. The maximum Gasteiger partial charge on any atom is 0.225 e. The van der Waals surface area contributed by atoms with Crippen LogP contribution >= 0.6 is 0 Å². The first-order valence-corrected chi connectivity index (χ1v) is 4.41. The van der Waals surface area contributed by atoms with E-state index in [1.54, 1.807) is 0 Å². The zero-order valence-electron chi connectivity index (χ0n) is 7.63. The second-order valence-electron chi connectivity index (χ2n) is 3.51. The van der Waals surface area contributed by atoms with E-state index in [0.29, 0.717) is 11.8 Å². The molecule has 2 unspecified atom stereocenters. The smallest absolute Gasteiger partial charge is 0.225 e. The van der Waals surface area contributed by atoms with Gasteiger partial charge in [-0.3, -0.25) is 4.79 Å². The molecule has 0 spiro atoms. The van der Waals surface area contributed by atoms with E-state index in [1.807, 2.05) is 18.9 Å². The molecule has 1 aliphatic heterocycles. The van der Waals surface area contributed by atoms with E-state index < -0.39 is 0 Å². The number of carbonyl (C=O) groups excluding carboxylic acids is 1. The van der Waals surface area contributed by atoms with Gasteiger partial charge >= 0.3 is 0 Å². The first-order valence-electron chi connectivity index (χ1n) is 4.41. The van der Waals surface area contributed by atoms with Gasteiger partial charge in [0.15, 0.2) is 0 Å². The lowest BCUT2D eigenvalue weighted by Gasteiger charge is -2.33. The van der Waals surface area contributed by atoms with Crippen LogP contribution in [0, 0.1) is 11.8 Å². The highest BCUT2D eigenvalue weighted by Gasteiger charge is 2.29. The van der Waals surface area contributed by atoms with E-state index in [-0.39, 0.29) is 5.92 Å². The summed E-state index contributed by atoms with van der Waals surface area (Å²) < 4.78 is 0. The van der Waals surface area contributed by atoms with Gasteiger partial charge < -0.3 is 4.90 Å². The monoisotopic (exact) mass is 155 g/mol. The lowest BCUT2D eigenvalue weighted by atomic mass is 9.85. The summed E-state index contributed by atoms with van der Waals surface area (Å²) in [6, 6.07) is 0. The molecule has 2 nitrogen and oxygen atoms in total. The van der Waals surface area contributed by atoms with Gasteiger partial charge in [0.05, 0.1) is 0 Å². The molecule has 0 N–H and O–H groups in total. The number of carbonyl (C=O) groups is 1. The van der Waals surface area contributed by atoms with Crippen molar-refractivity contribution in [1.82, 2.24) is 4.90 Å². The van der Waals surface area contributed by atoms with Gasteiger partial charge in [-0.25, -0.2) is 0 Å². The topological polar surface area (TPSA) is 20.3 Å². The van der Waals surface area contributed by atoms with Gasteiger partial charge in [0.2, 0.25) is 5.91 Å². The van der Waals surface area contributed by atoms with Crippen molar-refractivity contribution in [2.75, 3.05) is 13.6 Å². The van der Waals surface area contributed by atoms with E-state index in [4.69, 9.17) is 0 Å². The zero-order valence-corrected chi connectivity index (χ0v) is 7.63. The van der Waals surface area contributed by atoms with Gasteiger partial charge in [-0.2, -0.15) is 0 Å². The molecule has 1 heterocycles. The Balaban J connectivity index is 2.59. The third-order valence-electron chi connectivity index (χ3n) is 2.83. The molecule has 0 radical (unpaired) electrons. The maximum atomic E-state index is 11.4. The summed E-state index contributed by atoms with van der Waals surface area (Å²) in [5, 5.41) is 0. The number of nitrogens with zero attached hydrogens (tertiary/aromatic N) is 1. The van der Waals surface area contributed by atoms with E-state index >= 15 is 0 Å². The average Bonchev–Trinajstić information content (AvgIpc) is 2.01. The molecule has 2 atom stereocenters. The number of amides is 1. The highest BCUT2D eigenvalue weighted by molar-refractivity contribution is 5.79. The fraction of sp³-hybridized carbons (Fsp3) is 0.889. The van der Waals surface area contributed by atoms with Gasteiger partial charge in [-0.15, -0.1) is 0 Å². The average molecular weight is 155 g/mol. The number of hydrogen-bond acceptors (Lipinski definition) is 1. The van der Waals surface area contributed by atoms with E-state index in [9.17, 15) is 4.79 Å². The molecule has 0 aromatic rings. The summed E-state index contributed by atoms with van der Waals surface area (Å²) in [6.45, 7) is 5.16. The van der Waals surface area contributed by atoms with Crippen LogP contribution in [-0.2, 0) is 4.79 Å². The highest BCUT2D eigenvalue weighted by atomic mass is 16.2. The molecular formula is C9H17NO. The van der Waals surface area contributed by atoms with Crippen LogP contribution in [0.2, 0.25) is 0 Å². The summed E-state index contributed by atoms with van der Waals surface area (Å²) in [4.78, 5) is 13.3. The molecule has 1 saturated heterocycles. The fourth-order valence-electron chi connectivity index (χ4n) is 1.83. The normalized spacial score (nSPS) is 32.6. The van der Waals surface area contributed by atoms with Crippen LogP contribution in [0.4, 0.5) is 0 Å². The van der Waals surface area contributed by atoms with Crippen LogP contribution in [0.5, 0.6) is 0 Å². The highest BCUT2D eigenvalue weighted by Crippen LogP contribution is 2.25. The quantitative estimate of drug-likeness (QED) is 0.562. The number of hydrogen-bond donors (Lipinski definition) is 0. The summed E-state index contributed by atoms with van der Waals surface area (Å²) in [5.74, 6) is 1.19. The van der Waals surface area contributed by atoms with Crippen molar-refractivity contribution in [2.24, 2.45) is 11.8 Å². The van der Waals surface area contributed by atoms with Gasteiger partial charge in [0, 0.05) is 19.5 Å². The minimum atomic E-state index is 0.249. The Hall–Kier alpha value is -0.530. The summed E-state index contributed by atoms with van der Waals surface area (Å²) in [5.41, 5.74) is 0. The molecule has 0 aromatic heterocycles. The number of piperidine rings is 1. The molecule has 64 valence electrons. The Labute approximate surface area is 68.6 Å². The predicted molar refractivity (Wildman–Crippen MR) is 45.2 cm³/mol. The van der Waals surface area contributed by atoms with Gasteiger partial charge in [-0.1, -0.05) is 20.3 Å². The SMILES string of the molecule is CCC1CCN(C)C(=O)C1C. The molecule has 2 heteroatoms. The largest absolute Gasteiger partial charge is 0.346 e. The third-order valence-corrected chi connectivity index (χ3v) is 2.83. The summed E-state index contributed by atoms with van der Waals surface area (Å²) in [7, 11) is 1.89. The Morgan fingerprint density at radius 2 is 2.27 bits per heavy atom. The second-order valence-corrected chi connectivity index (χ2v) is 3.51. The van der Waals surface area contributed by atoms with Crippen molar-refractivity contribution in [3.63, 3.8) is 0 Å². The van der Waals surface area contributed by atoms with Crippen LogP contribution in [-0.4, -0.2) is 24.4 Å². The van der Waals surface area contributed by atoms with Crippen molar-refractivity contribution >= 4 is 5.91 Å². The van der Waals surface area contributed by atoms with E-state index in [1.165, 1.54) is 6.42 Å². The second kappa shape index (κ2) is 3.24. The zero-order chi connectivity index (χ0) is 8.43. The summed E-state index contributed by atoms with van der Waals surface area (Å²) >= 11 is 0. The van der Waals surface area contributed by atoms with Crippen molar-refractivity contribution in [3.05, 3.63) is 0 Å². The number of likely N-dealkylation sites (tertiary alicyclic amines) is 1. The van der Waals surface area contributed by atoms with Crippen molar-refractivity contribution in [3.8, 4) is 0 Å². The lowest BCUT2D eigenvalue weighted by molar-refractivity contribution is -0.138. The van der Waals surface area contributed by atoms with Crippen LogP contribution < -0.4 is 0 Å². The predicted octanol–water partition coefficient (Wildman–Crippen LogP) is 1.51. The Morgan fingerprint density at radius 3 is 2.82 bits per heavy atom. The standard InChI is InChI=1S/C9H17NO/c1-4-8-5-6-10(3)9(11)7(8)2/h7-8H,4-6H2,1-3H3. The van der Waals surface area contributed by atoms with Gasteiger partial charge in [0.25, 0.3) is 0 Å². The lowest BCUT2D eigenvalue weighted by Crippen LogP contribution is -2.41. The molecule has 0 aliphatic carbocycles. The van der Waals surface area contributed by atoms with Crippen LogP contribution in [0.1, 0.15) is 26.7 Å². The molecule has 0 bridgehead atoms. The Bertz CT molecular complexity index is 156. The van der Waals surface area contributed by atoms with Crippen LogP contribution in [0.3, 0.4) is 0 Å². The first-order chi connectivity index (χ1) is 5.16. The third kappa shape index (κ3) is 1.55.